The van der Waals surface area contributed by atoms with Gasteiger partial charge in [-0.25, -0.2) is 0 Å². The average Bonchev–Trinajstić information content (AvgIpc) is 2.71. The zero-order chi connectivity index (χ0) is 22.6. The molecule has 0 aliphatic heterocycles. The third-order valence-electron chi connectivity index (χ3n) is 5.02. The number of benzene rings is 2. The molecule has 0 radical (unpaired) electrons. The SMILES string of the molecule is CC(=O)c1c(O)cccc1OCCCCCCCCCOc1cccc(O)c1C(C)=O. The van der Waals surface area contributed by atoms with E-state index in [0.717, 1.165) is 44.9 Å². The van der Waals surface area contributed by atoms with Crippen LogP contribution >= 0.6 is 0 Å². The number of phenolic OH excluding ortho intramolecular Hbond substituents is 2. The molecule has 2 rings (SSSR count). The number of phenols is 2. The number of Topliss-reactive ketones (excluding diaryl/α,β-unsaturated/α-hetero) is 2. The Morgan fingerprint density at radius 3 is 1.35 bits per heavy atom. The lowest BCUT2D eigenvalue weighted by molar-refractivity contribution is 0.0997. The van der Waals surface area contributed by atoms with Crippen LogP contribution in [0, 0.1) is 0 Å². The summed E-state index contributed by atoms with van der Waals surface area (Å²) in [6.07, 6.45) is 7.18. The van der Waals surface area contributed by atoms with Gasteiger partial charge in [0.15, 0.2) is 11.6 Å². The number of hydrogen-bond acceptors (Lipinski definition) is 6. The first-order valence-electron chi connectivity index (χ1n) is 10.8. The maximum absolute atomic E-state index is 11.6. The minimum Gasteiger partial charge on any atom is -0.507 e. The van der Waals surface area contributed by atoms with Gasteiger partial charge in [-0.05, 0) is 51.0 Å². The van der Waals surface area contributed by atoms with Crippen LogP contribution in [0.4, 0.5) is 0 Å². The number of carbonyl (C=O) groups excluding carboxylic acids is 2. The fourth-order valence-corrected chi connectivity index (χ4v) is 3.44. The molecule has 2 aromatic rings. The van der Waals surface area contributed by atoms with Gasteiger partial charge in [-0.1, -0.05) is 44.2 Å². The van der Waals surface area contributed by atoms with E-state index >= 15 is 0 Å². The van der Waals surface area contributed by atoms with Crippen LogP contribution in [0.1, 0.15) is 79.5 Å². The third kappa shape index (κ3) is 7.63. The minimum atomic E-state index is -0.210. The highest BCUT2D eigenvalue weighted by atomic mass is 16.5. The second-order valence-corrected chi connectivity index (χ2v) is 7.58. The van der Waals surface area contributed by atoms with Crippen molar-refractivity contribution in [1.82, 2.24) is 0 Å². The minimum absolute atomic E-state index is 0.0458. The van der Waals surface area contributed by atoms with Gasteiger partial charge in [-0.2, -0.15) is 0 Å². The lowest BCUT2D eigenvalue weighted by Crippen LogP contribution is -2.03. The molecule has 6 nitrogen and oxygen atoms in total. The molecule has 0 saturated carbocycles. The summed E-state index contributed by atoms with van der Waals surface area (Å²) in [4.78, 5) is 23.3. The van der Waals surface area contributed by atoms with Gasteiger partial charge < -0.3 is 19.7 Å². The number of carbonyl (C=O) groups is 2. The molecule has 0 unspecified atom stereocenters. The van der Waals surface area contributed by atoms with Crippen LogP contribution in [0.25, 0.3) is 0 Å². The number of unbranched alkanes of at least 4 members (excludes halogenated alkanes) is 6. The van der Waals surface area contributed by atoms with E-state index < -0.39 is 0 Å². The van der Waals surface area contributed by atoms with Gasteiger partial charge in [0.05, 0.1) is 13.2 Å². The molecular formula is C25H32O6. The molecule has 0 aromatic heterocycles. The van der Waals surface area contributed by atoms with Crippen LogP contribution in [0.15, 0.2) is 36.4 Å². The topological polar surface area (TPSA) is 93.1 Å². The highest BCUT2D eigenvalue weighted by Gasteiger charge is 2.14. The van der Waals surface area contributed by atoms with Gasteiger partial charge in [-0.15, -0.1) is 0 Å². The summed E-state index contributed by atoms with van der Waals surface area (Å²) in [7, 11) is 0. The lowest BCUT2D eigenvalue weighted by Gasteiger charge is -2.11. The van der Waals surface area contributed by atoms with Crippen molar-refractivity contribution in [3.05, 3.63) is 47.5 Å². The highest BCUT2D eigenvalue weighted by molar-refractivity contribution is 6.00. The smallest absolute Gasteiger partial charge is 0.167 e. The summed E-state index contributed by atoms with van der Waals surface area (Å²) < 4.78 is 11.4. The largest absolute Gasteiger partial charge is 0.507 e. The summed E-state index contributed by atoms with van der Waals surface area (Å²) in [5, 5.41) is 19.6. The predicted octanol–water partition coefficient (Wildman–Crippen LogP) is 5.69. The number of hydrogen-bond donors (Lipinski definition) is 2. The van der Waals surface area contributed by atoms with Gasteiger partial charge in [0.1, 0.15) is 34.1 Å². The summed E-state index contributed by atoms with van der Waals surface area (Å²) in [5.74, 6) is 0.364. The van der Waals surface area contributed by atoms with Crippen LogP contribution in [-0.2, 0) is 0 Å². The molecule has 0 atom stereocenters. The first-order valence-corrected chi connectivity index (χ1v) is 10.8. The molecule has 0 saturated heterocycles. The van der Waals surface area contributed by atoms with Gasteiger partial charge in [0, 0.05) is 0 Å². The van der Waals surface area contributed by atoms with E-state index in [1.807, 2.05) is 0 Å². The highest BCUT2D eigenvalue weighted by Crippen LogP contribution is 2.29. The van der Waals surface area contributed by atoms with Crippen molar-refractivity contribution in [1.29, 1.82) is 0 Å². The van der Waals surface area contributed by atoms with E-state index in [4.69, 9.17) is 9.47 Å². The van der Waals surface area contributed by atoms with Crippen molar-refractivity contribution >= 4 is 11.6 Å². The van der Waals surface area contributed by atoms with Gasteiger partial charge >= 0.3 is 0 Å². The number of ether oxygens (including phenoxy) is 2. The van der Waals surface area contributed by atoms with Crippen molar-refractivity contribution < 1.29 is 29.3 Å². The zero-order valence-electron chi connectivity index (χ0n) is 18.4. The Hall–Kier alpha value is -3.02. The van der Waals surface area contributed by atoms with Gasteiger partial charge in [0.2, 0.25) is 0 Å². The van der Waals surface area contributed by atoms with E-state index in [-0.39, 0.29) is 34.2 Å². The Kier molecular flexibility index (Phi) is 9.88. The summed E-state index contributed by atoms with van der Waals surface area (Å²) in [6.45, 7) is 3.86. The molecule has 0 spiro atoms. The number of rotatable bonds is 14. The van der Waals surface area contributed by atoms with Crippen LogP contribution in [-0.4, -0.2) is 35.0 Å². The zero-order valence-corrected chi connectivity index (χ0v) is 18.4. The van der Waals surface area contributed by atoms with Crippen LogP contribution in [0.5, 0.6) is 23.0 Å². The molecule has 0 bridgehead atoms. The number of aromatic hydroxyl groups is 2. The van der Waals surface area contributed by atoms with Crippen molar-refractivity contribution in [2.75, 3.05) is 13.2 Å². The Balaban J connectivity index is 1.55. The lowest BCUT2D eigenvalue weighted by atomic mass is 10.1. The van der Waals surface area contributed by atoms with Crippen LogP contribution in [0.3, 0.4) is 0 Å². The molecule has 6 heteroatoms. The maximum Gasteiger partial charge on any atom is 0.167 e. The summed E-state index contributed by atoms with van der Waals surface area (Å²) in [5.41, 5.74) is 0.483. The monoisotopic (exact) mass is 428 g/mol. The van der Waals surface area contributed by atoms with E-state index in [1.165, 1.54) is 26.0 Å². The van der Waals surface area contributed by atoms with Crippen LogP contribution < -0.4 is 9.47 Å². The molecule has 0 aliphatic carbocycles. The van der Waals surface area contributed by atoms with E-state index in [2.05, 4.69) is 0 Å². The average molecular weight is 429 g/mol. The van der Waals surface area contributed by atoms with Crippen molar-refractivity contribution in [3.8, 4) is 23.0 Å². The Bertz CT molecular complexity index is 803. The fraction of sp³-hybridized carbons (Fsp3) is 0.440. The molecule has 0 amide bonds. The quantitative estimate of drug-likeness (QED) is 0.296. The molecule has 2 aromatic carbocycles. The molecule has 168 valence electrons. The molecule has 0 aliphatic rings. The van der Waals surface area contributed by atoms with Crippen molar-refractivity contribution in [2.45, 2.75) is 58.8 Å². The molecule has 2 N–H and O–H groups in total. The summed E-state index contributed by atoms with van der Waals surface area (Å²) >= 11 is 0. The Labute approximate surface area is 183 Å². The van der Waals surface area contributed by atoms with Crippen LogP contribution in [0.2, 0.25) is 0 Å². The second kappa shape index (κ2) is 12.6. The molecular weight excluding hydrogens is 396 g/mol. The van der Waals surface area contributed by atoms with Gasteiger partial charge in [-0.3, -0.25) is 9.59 Å². The normalized spacial score (nSPS) is 10.6. The van der Waals surface area contributed by atoms with E-state index in [9.17, 15) is 19.8 Å². The van der Waals surface area contributed by atoms with E-state index in [0.29, 0.717) is 24.7 Å². The number of ketones is 2. The van der Waals surface area contributed by atoms with Gasteiger partial charge in [0.25, 0.3) is 0 Å². The van der Waals surface area contributed by atoms with Crippen molar-refractivity contribution in [3.63, 3.8) is 0 Å². The Morgan fingerprint density at radius 1 is 0.645 bits per heavy atom. The molecule has 31 heavy (non-hydrogen) atoms. The second-order valence-electron chi connectivity index (χ2n) is 7.58. The predicted molar refractivity (Wildman–Crippen MR) is 120 cm³/mol. The Morgan fingerprint density at radius 2 is 1.00 bits per heavy atom. The third-order valence-corrected chi connectivity index (χ3v) is 5.02. The first kappa shape index (κ1) is 24.3. The van der Waals surface area contributed by atoms with E-state index in [1.54, 1.807) is 24.3 Å². The molecule has 0 fully saturated rings. The molecule has 0 heterocycles. The summed E-state index contributed by atoms with van der Waals surface area (Å²) in [6, 6.07) is 9.72. The van der Waals surface area contributed by atoms with Crippen molar-refractivity contribution in [2.24, 2.45) is 0 Å². The fourth-order valence-electron chi connectivity index (χ4n) is 3.44. The maximum atomic E-state index is 11.6. The standard InChI is InChI=1S/C25H32O6/c1-18(26)24-20(28)12-10-14-22(24)30-16-8-6-4-3-5-7-9-17-31-23-15-11-13-21(29)25(23)19(2)27/h10-15,28-29H,3-9,16-17H2,1-2H3. The first-order chi connectivity index (χ1) is 14.9.